The average Bonchev–Trinajstić information content (AvgIpc) is 2.87. The van der Waals surface area contributed by atoms with Crippen molar-refractivity contribution in [1.82, 2.24) is 0 Å². The number of carbonyl (C=O) groups excluding carboxylic acids is 1. The van der Waals surface area contributed by atoms with Crippen molar-refractivity contribution in [3.05, 3.63) is 48.0 Å². The SMILES string of the molecule is CSc1cccc(NC(=O)COc2cccc3c2OC(C)(C)C3)c1. The Bertz CT molecular complexity index is 758. The van der Waals surface area contributed by atoms with Gasteiger partial charge in [-0.15, -0.1) is 11.8 Å². The highest BCUT2D eigenvalue weighted by atomic mass is 32.2. The molecule has 24 heavy (non-hydrogen) atoms. The second kappa shape index (κ2) is 6.77. The Morgan fingerprint density at radius 2 is 2.08 bits per heavy atom. The van der Waals surface area contributed by atoms with Crippen molar-refractivity contribution in [3.8, 4) is 11.5 Å². The normalized spacial score (nSPS) is 14.6. The van der Waals surface area contributed by atoms with E-state index in [1.165, 1.54) is 0 Å². The molecule has 0 bridgehead atoms. The first kappa shape index (κ1) is 16.7. The van der Waals surface area contributed by atoms with Gasteiger partial charge >= 0.3 is 0 Å². The van der Waals surface area contributed by atoms with Gasteiger partial charge in [0.15, 0.2) is 18.1 Å². The van der Waals surface area contributed by atoms with E-state index in [0.29, 0.717) is 5.75 Å². The van der Waals surface area contributed by atoms with Gasteiger partial charge < -0.3 is 14.8 Å². The number of benzene rings is 2. The van der Waals surface area contributed by atoms with E-state index in [4.69, 9.17) is 9.47 Å². The van der Waals surface area contributed by atoms with Crippen LogP contribution < -0.4 is 14.8 Å². The second-order valence-electron chi connectivity index (χ2n) is 6.35. The first-order valence-electron chi connectivity index (χ1n) is 7.84. The molecule has 0 aliphatic carbocycles. The lowest BCUT2D eigenvalue weighted by Gasteiger charge is -2.18. The van der Waals surface area contributed by atoms with Crippen LogP contribution in [0.2, 0.25) is 0 Å². The number of hydrogen-bond acceptors (Lipinski definition) is 4. The molecule has 126 valence electrons. The molecule has 0 saturated heterocycles. The summed E-state index contributed by atoms with van der Waals surface area (Å²) in [6, 6.07) is 13.5. The number of fused-ring (bicyclic) bond motifs is 1. The molecule has 0 saturated carbocycles. The molecule has 2 aromatic rings. The van der Waals surface area contributed by atoms with Crippen LogP contribution in [0, 0.1) is 0 Å². The van der Waals surface area contributed by atoms with Crippen LogP contribution >= 0.6 is 11.8 Å². The van der Waals surface area contributed by atoms with Crippen LogP contribution in [0.15, 0.2) is 47.4 Å². The Balaban J connectivity index is 1.62. The molecule has 2 aromatic carbocycles. The Morgan fingerprint density at radius 1 is 1.29 bits per heavy atom. The van der Waals surface area contributed by atoms with Crippen molar-refractivity contribution in [3.63, 3.8) is 0 Å². The number of anilines is 1. The van der Waals surface area contributed by atoms with Gasteiger partial charge in [-0.25, -0.2) is 0 Å². The van der Waals surface area contributed by atoms with Crippen LogP contribution in [0.25, 0.3) is 0 Å². The maximum atomic E-state index is 12.1. The minimum atomic E-state index is -0.234. The topological polar surface area (TPSA) is 47.6 Å². The van der Waals surface area contributed by atoms with Crippen molar-refractivity contribution < 1.29 is 14.3 Å². The van der Waals surface area contributed by atoms with Gasteiger partial charge in [0.2, 0.25) is 0 Å². The van der Waals surface area contributed by atoms with Crippen LogP contribution in [0.1, 0.15) is 19.4 Å². The van der Waals surface area contributed by atoms with Crippen LogP contribution in [-0.4, -0.2) is 24.4 Å². The predicted molar refractivity (Wildman–Crippen MR) is 97.2 cm³/mol. The lowest BCUT2D eigenvalue weighted by atomic mass is 10.0. The lowest BCUT2D eigenvalue weighted by Crippen LogP contribution is -2.25. The third kappa shape index (κ3) is 3.85. The second-order valence-corrected chi connectivity index (χ2v) is 7.23. The quantitative estimate of drug-likeness (QED) is 0.829. The van der Waals surface area contributed by atoms with Gasteiger partial charge in [-0.05, 0) is 44.4 Å². The third-order valence-electron chi connectivity index (χ3n) is 3.77. The summed E-state index contributed by atoms with van der Waals surface area (Å²) in [5, 5.41) is 2.85. The molecule has 1 N–H and O–H groups in total. The van der Waals surface area contributed by atoms with Crippen LogP contribution in [0.5, 0.6) is 11.5 Å². The number of thioether (sulfide) groups is 1. The van der Waals surface area contributed by atoms with Crippen LogP contribution in [0.3, 0.4) is 0 Å². The number of hydrogen-bond donors (Lipinski definition) is 1. The number of amides is 1. The van der Waals surface area contributed by atoms with E-state index in [0.717, 1.165) is 28.3 Å². The lowest BCUT2D eigenvalue weighted by molar-refractivity contribution is -0.118. The van der Waals surface area contributed by atoms with Gasteiger partial charge in [-0.2, -0.15) is 0 Å². The van der Waals surface area contributed by atoms with E-state index in [9.17, 15) is 4.79 Å². The summed E-state index contributed by atoms with van der Waals surface area (Å²) >= 11 is 1.63. The predicted octanol–water partition coefficient (Wildman–Crippen LogP) is 4.14. The summed E-state index contributed by atoms with van der Waals surface area (Å²) in [7, 11) is 0. The minimum absolute atomic E-state index is 0.0518. The molecule has 4 nitrogen and oxygen atoms in total. The standard InChI is InChI=1S/C19H21NO3S/c1-19(2)11-13-6-4-9-16(18(13)23-19)22-12-17(21)20-14-7-5-8-15(10-14)24-3/h4-10H,11-12H2,1-3H3,(H,20,21). The molecule has 0 aromatic heterocycles. The molecule has 1 amide bonds. The molecule has 0 fully saturated rings. The van der Waals surface area contributed by atoms with Crippen molar-refractivity contribution in [2.75, 3.05) is 18.2 Å². The van der Waals surface area contributed by atoms with E-state index in [-0.39, 0.29) is 18.1 Å². The maximum Gasteiger partial charge on any atom is 0.262 e. The summed E-state index contributed by atoms with van der Waals surface area (Å²) < 4.78 is 11.6. The first-order chi connectivity index (χ1) is 11.5. The summed E-state index contributed by atoms with van der Waals surface area (Å²) in [5.74, 6) is 1.17. The monoisotopic (exact) mass is 343 g/mol. The van der Waals surface area contributed by atoms with E-state index < -0.39 is 0 Å². The molecule has 1 aliphatic heterocycles. The molecular formula is C19H21NO3S. The van der Waals surface area contributed by atoms with Gasteiger partial charge in [0.05, 0.1) is 0 Å². The summed E-state index contributed by atoms with van der Waals surface area (Å²) in [6.07, 6.45) is 2.84. The summed E-state index contributed by atoms with van der Waals surface area (Å²) in [6.45, 7) is 4.04. The van der Waals surface area contributed by atoms with E-state index in [1.807, 2.05) is 62.6 Å². The molecule has 0 unspecified atom stereocenters. The van der Waals surface area contributed by atoms with Gasteiger partial charge in [0.25, 0.3) is 5.91 Å². The Morgan fingerprint density at radius 3 is 2.88 bits per heavy atom. The number of nitrogens with one attached hydrogen (secondary N) is 1. The molecule has 5 heteroatoms. The summed E-state index contributed by atoms with van der Waals surface area (Å²) in [5.41, 5.74) is 1.65. The fraction of sp³-hybridized carbons (Fsp3) is 0.316. The van der Waals surface area contributed by atoms with Crippen molar-refractivity contribution in [2.24, 2.45) is 0 Å². The van der Waals surface area contributed by atoms with Crippen molar-refractivity contribution in [1.29, 1.82) is 0 Å². The molecule has 3 rings (SSSR count). The average molecular weight is 343 g/mol. The zero-order chi connectivity index (χ0) is 17.2. The number of rotatable bonds is 5. The van der Waals surface area contributed by atoms with E-state index in [2.05, 4.69) is 5.32 Å². The highest BCUT2D eigenvalue weighted by Crippen LogP contribution is 2.41. The van der Waals surface area contributed by atoms with Crippen LogP contribution in [0.4, 0.5) is 5.69 Å². The smallest absolute Gasteiger partial charge is 0.262 e. The largest absolute Gasteiger partial charge is 0.483 e. The molecule has 1 aliphatic rings. The zero-order valence-corrected chi connectivity index (χ0v) is 14.9. The fourth-order valence-corrected chi connectivity index (χ4v) is 3.20. The van der Waals surface area contributed by atoms with Gasteiger partial charge in [-0.1, -0.05) is 18.2 Å². The third-order valence-corrected chi connectivity index (χ3v) is 4.49. The van der Waals surface area contributed by atoms with Crippen LogP contribution in [-0.2, 0) is 11.2 Å². The molecular weight excluding hydrogens is 322 g/mol. The maximum absolute atomic E-state index is 12.1. The van der Waals surface area contributed by atoms with Gasteiger partial charge in [0.1, 0.15) is 5.60 Å². The number of ether oxygens (including phenoxy) is 2. The van der Waals surface area contributed by atoms with E-state index in [1.54, 1.807) is 11.8 Å². The zero-order valence-electron chi connectivity index (χ0n) is 14.1. The summed E-state index contributed by atoms with van der Waals surface area (Å²) in [4.78, 5) is 13.2. The molecule has 0 atom stereocenters. The molecule has 0 spiro atoms. The van der Waals surface area contributed by atoms with E-state index >= 15 is 0 Å². The highest BCUT2D eigenvalue weighted by Gasteiger charge is 2.32. The Hall–Kier alpha value is -2.14. The number of carbonyl (C=O) groups is 1. The van der Waals surface area contributed by atoms with Gasteiger partial charge in [0, 0.05) is 22.6 Å². The highest BCUT2D eigenvalue weighted by molar-refractivity contribution is 7.98. The molecule has 0 radical (unpaired) electrons. The van der Waals surface area contributed by atoms with Crippen molar-refractivity contribution in [2.45, 2.75) is 30.8 Å². The van der Waals surface area contributed by atoms with Gasteiger partial charge in [-0.3, -0.25) is 4.79 Å². The Labute approximate surface area is 146 Å². The Kier molecular flexibility index (Phi) is 4.71. The fourth-order valence-electron chi connectivity index (χ4n) is 2.74. The molecule has 1 heterocycles. The first-order valence-corrected chi connectivity index (χ1v) is 9.07. The minimum Gasteiger partial charge on any atom is -0.483 e. The van der Waals surface area contributed by atoms with Crippen molar-refractivity contribution >= 4 is 23.4 Å². The number of para-hydroxylation sites is 1.